The van der Waals surface area contributed by atoms with Crippen LogP contribution in [0.4, 0.5) is 11.8 Å². The van der Waals surface area contributed by atoms with Gasteiger partial charge in [-0.05, 0) is 50.3 Å². The van der Waals surface area contributed by atoms with E-state index >= 15 is 0 Å². The minimum absolute atomic E-state index is 0.0607. The van der Waals surface area contributed by atoms with E-state index in [2.05, 4.69) is 31.7 Å². The molecule has 2 aliphatic heterocycles. The summed E-state index contributed by atoms with van der Waals surface area (Å²) in [6.07, 6.45) is 11.1. The minimum atomic E-state index is 0.0607. The minimum Gasteiger partial charge on any atom is -0.354 e. The van der Waals surface area contributed by atoms with E-state index in [-0.39, 0.29) is 5.91 Å². The van der Waals surface area contributed by atoms with Crippen LogP contribution in [0, 0.1) is 0 Å². The van der Waals surface area contributed by atoms with Crippen LogP contribution >= 0.6 is 0 Å². The third-order valence-corrected chi connectivity index (χ3v) is 6.01. The van der Waals surface area contributed by atoms with Crippen LogP contribution in [-0.2, 0) is 0 Å². The van der Waals surface area contributed by atoms with Crippen LogP contribution in [0.25, 0.3) is 0 Å². The Bertz CT molecular complexity index is 797. The number of rotatable bonds is 4. The molecule has 0 aliphatic carbocycles. The summed E-state index contributed by atoms with van der Waals surface area (Å²) in [4.78, 5) is 32.8. The third kappa shape index (κ3) is 4.49. The van der Waals surface area contributed by atoms with E-state index in [0.29, 0.717) is 18.2 Å². The van der Waals surface area contributed by atoms with Gasteiger partial charge in [-0.2, -0.15) is 0 Å². The van der Waals surface area contributed by atoms with Gasteiger partial charge in [0.2, 0.25) is 5.95 Å². The fraction of sp³-hybridized carbons (Fsp3) is 0.545. The Morgan fingerprint density at radius 3 is 2.62 bits per heavy atom. The predicted molar refractivity (Wildman–Crippen MR) is 114 cm³/mol. The molecule has 0 spiro atoms. The maximum Gasteiger partial charge on any atom is 0.255 e. The first-order chi connectivity index (χ1) is 14.3. The van der Waals surface area contributed by atoms with E-state index in [4.69, 9.17) is 0 Å². The Balaban J connectivity index is 1.40. The highest BCUT2D eigenvalue weighted by atomic mass is 16.2. The van der Waals surface area contributed by atoms with Crippen LogP contribution in [0.3, 0.4) is 0 Å². The van der Waals surface area contributed by atoms with Crippen molar-refractivity contribution in [2.24, 2.45) is 0 Å². The lowest BCUT2D eigenvalue weighted by Crippen LogP contribution is -2.39. The standard InChI is InChI=1S/C22H30N6O/c1-2-19-7-3-4-14-28(19)20-9-8-18(17-25-20)21(29)26-12-6-13-27(16-15-26)22-23-10-5-11-24-22/h5,8-11,17,19H,2-4,6-7,12-16H2,1H3/t19-/m1/s1. The quantitative estimate of drug-likeness (QED) is 0.794. The van der Waals surface area contributed by atoms with Gasteiger partial charge in [0.05, 0.1) is 5.56 Å². The first kappa shape index (κ1) is 19.6. The molecule has 1 amide bonds. The summed E-state index contributed by atoms with van der Waals surface area (Å²) >= 11 is 0. The van der Waals surface area contributed by atoms with Crippen molar-refractivity contribution in [3.63, 3.8) is 0 Å². The maximum atomic E-state index is 13.0. The average Bonchev–Trinajstić information content (AvgIpc) is 3.06. The Hall–Kier alpha value is -2.70. The normalized spacial score (nSPS) is 20.4. The zero-order valence-corrected chi connectivity index (χ0v) is 17.2. The summed E-state index contributed by atoms with van der Waals surface area (Å²) < 4.78 is 0. The average molecular weight is 395 g/mol. The van der Waals surface area contributed by atoms with Crippen molar-refractivity contribution in [3.05, 3.63) is 42.4 Å². The number of nitrogens with zero attached hydrogens (tertiary/aromatic N) is 6. The fourth-order valence-corrected chi connectivity index (χ4v) is 4.37. The number of amides is 1. The van der Waals surface area contributed by atoms with Gasteiger partial charge in [-0.3, -0.25) is 4.79 Å². The number of carbonyl (C=O) groups excluding carboxylic acids is 1. The number of anilines is 2. The molecule has 2 aromatic heterocycles. The molecule has 0 radical (unpaired) electrons. The molecule has 7 heteroatoms. The number of carbonyl (C=O) groups is 1. The molecule has 0 bridgehead atoms. The van der Waals surface area contributed by atoms with Crippen molar-refractivity contribution in [2.45, 2.75) is 45.1 Å². The van der Waals surface area contributed by atoms with E-state index in [1.807, 2.05) is 23.1 Å². The van der Waals surface area contributed by atoms with E-state index in [0.717, 1.165) is 50.8 Å². The number of hydrogen-bond acceptors (Lipinski definition) is 6. The number of hydrogen-bond donors (Lipinski definition) is 0. The Morgan fingerprint density at radius 2 is 1.86 bits per heavy atom. The van der Waals surface area contributed by atoms with E-state index in [1.54, 1.807) is 18.6 Å². The molecular weight excluding hydrogens is 364 g/mol. The second-order valence-corrected chi connectivity index (χ2v) is 7.84. The summed E-state index contributed by atoms with van der Waals surface area (Å²) in [5.41, 5.74) is 0.670. The first-order valence-corrected chi connectivity index (χ1v) is 10.8. The number of pyridine rings is 1. The summed E-state index contributed by atoms with van der Waals surface area (Å²) in [5.74, 6) is 1.79. The van der Waals surface area contributed by atoms with Crippen LogP contribution in [0.1, 0.15) is 49.4 Å². The van der Waals surface area contributed by atoms with Crippen molar-refractivity contribution in [1.82, 2.24) is 19.9 Å². The molecule has 4 heterocycles. The molecule has 2 aliphatic rings. The van der Waals surface area contributed by atoms with Crippen LogP contribution in [-0.4, -0.2) is 64.5 Å². The molecule has 4 rings (SSSR count). The lowest BCUT2D eigenvalue weighted by atomic mass is 10.00. The van der Waals surface area contributed by atoms with Crippen LogP contribution in [0.15, 0.2) is 36.8 Å². The topological polar surface area (TPSA) is 65.5 Å². The van der Waals surface area contributed by atoms with Crippen molar-refractivity contribution in [3.8, 4) is 0 Å². The largest absolute Gasteiger partial charge is 0.354 e. The molecule has 0 aromatic carbocycles. The zero-order valence-electron chi connectivity index (χ0n) is 17.2. The lowest BCUT2D eigenvalue weighted by Gasteiger charge is -2.36. The first-order valence-electron chi connectivity index (χ1n) is 10.8. The van der Waals surface area contributed by atoms with Gasteiger partial charge in [0.1, 0.15) is 5.82 Å². The second kappa shape index (κ2) is 9.20. The Morgan fingerprint density at radius 1 is 1.00 bits per heavy atom. The third-order valence-electron chi connectivity index (χ3n) is 6.01. The Kier molecular flexibility index (Phi) is 6.22. The zero-order chi connectivity index (χ0) is 20.1. The molecular formula is C22H30N6O. The number of aromatic nitrogens is 3. The molecule has 0 saturated carbocycles. The fourth-order valence-electron chi connectivity index (χ4n) is 4.37. The molecule has 29 heavy (non-hydrogen) atoms. The van der Waals surface area contributed by atoms with Crippen molar-refractivity contribution in [1.29, 1.82) is 0 Å². The van der Waals surface area contributed by atoms with E-state index < -0.39 is 0 Å². The number of piperidine rings is 1. The second-order valence-electron chi connectivity index (χ2n) is 7.84. The molecule has 154 valence electrons. The van der Waals surface area contributed by atoms with Gasteiger partial charge in [0.15, 0.2) is 0 Å². The van der Waals surface area contributed by atoms with E-state index in [9.17, 15) is 4.79 Å². The summed E-state index contributed by atoms with van der Waals surface area (Å²) in [6, 6.07) is 6.34. The van der Waals surface area contributed by atoms with Gasteiger partial charge in [-0.25, -0.2) is 15.0 Å². The van der Waals surface area contributed by atoms with Crippen LogP contribution < -0.4 is 9.80 Å². The molecule has 0 N–H and O–H groups in total. The van der Waals surface area contributed by atoms with Crippen LogP contribution in [0.2, 0.25) is 0 Å². The highest BCUT2D eigenvalue weighted by Gasteiger charge is 2.24. The van der Waals surface area contributed by atoms with Crippen molar-refractivity contribution in [2.75, 3.05) is 42.5 Å². The molecule has 2 saturated heterocycles. The van der Waals surface area contributed by atoms with Crippen molar-refractivity contribution < 1.29 is 4.79 Å². The summed E-state index contributed by atoms with van der Waals surface area (Å²) in [7, 11) is 0. The highest BCUT2D eigenvalue weighted by molar-refractivity contribution is 5.94. The molecule has 0 unspecified atom stereocenters. The monoisotopic (exact) mass is 394 g/mol. The SMILES string of the molecule is CC[C@@H]1CCCCN1c1ccc(C(=O)N2CCCN(c3ncccn3)CC2)cn1. The molecule has 7 nitrogen and oxygen atoms in total. The van der Waals surface area contributed by atoms with Crippen molar-refractivity contribution >= 4 is 17.7 Å². The molecule has 1 atom stereocenters. The van der Waals surface area contributed by atoms with Gasteiger partial charge in [0.25, 0.3) is 5.91 Å². The Labute approximate surface area is 172 Å². The maximum absolute atomic E-state index is 13.0. The van der Waals surface area contributed by atoms with Gasteiger partial charge in [0, 0.05) is 57.4 Å². The predicted octanol–water partition coefficient (Wildman–Crippen LogP) is 2.99. The van der Waals surface area contributed by atoms with E-state index in [1.165, 1.54) is 19.3 Å². The van der Waals surface area contributed by atoms with Crippen LogP contribution in [0.5, 0.6) is 0 Å². The summed E-state index contributed by atoms with van der Waals surface area (Å²) in [6.45, 7) is 6.31. The van der Waals surface area contributed by atoms with Gasteiger partial charge >= 0.3 is 0 Å². The van der Waals surface area contributed by atoms with Gasteiger partial charge in [-0.15, -0.1) is 0 Å². The molecule has 2 aromatic rings. The summed E-state index contributed by atoms with van der Waals surface area (Å²) in [5, 5.41) is 0. The highest BCUT2D eigenvalue weighted by Crippen LogP contribution is 2.25. The molecule has 2 fully saturated rings. The smallest absolute Gasteiger partial charge is 0.255 e. The lowest BCUT2D eigenvalue weighted by molar-refractivity contribution is 0.0766. The van der Waals surface area contributed by atoms with Gasteiger partial charge < -0.3 is 14.7 Å². The van der Waals surface area contributed by atoms with Gasteiger partial charge in [-0.1, -0.05) is 6.92 Å².